The minimum absolute atomic E-state index is 0.0240. The zero-order chi connectivity index (χ0) is 16.5. The number of nitrogens with zero attached hydrogens (tertiary/aromatic N) is 1. The van der Waals surface area contributed by atoms with Crippen LogP contribution in [0.2, 0.25) is 0 Å². The third-order valence-electron chi connectivity index (χ3n) is 3.70. The van der Waals surface area contributed by atoms with E-state index in [9.17, 15) is 33.5 Å². The Bertz CT molecular complexity index is 577. The fraction of sp³-hybridized carbons (Fsp3) is 0.538. The number of alkyl halides is 3. The van der Waals surface area contributed by atoms with Crippen LogP contribution in [0.25, 0.3) is 0 Å². The first-order valence-electron chi connectivity index (χ1n) is 6.69. The predicted octanol–water partition coefficient (Wildman–Crippen LogP) is 2.32. The van der Waals surface area contributed by atoms with E-state index in [-0.39, 0.29) is 18.2 Å². The largest absolute Gasteiger partial charge is 0.502 e. The molecule has 1 aliphatic rings. The Hall–Kier alpha value is -1.87. The van der Waals surface area contributed by atoms with Crippen LogP contribution < -0.4 is 5.32 Å². The van der Waals surface area contributed by atoms with Crippen molar-refractivity contribution in [3.63, 3.8) is 0 Å². The Labute approximate surface area is 123 Å². The lowest BCUT2D eigenvalue weighted by Gasteiger charge is -2.17. The number of rotatable bonds is 4. The number of nitro benzene ring substituents is 1. The van der Waals surface area contributed by atoms with Gasteiger partial charge in [0.1, 0.15) is 5.56 Å². The number of aromatic hydroxyl groups is 1. The molecule has 0 unspecified atom stereocenters. The summed E-state index contributed by atoms with van der Waals surface area (Å²) in [4.78, 5) is 9.73. The Kier molecular flexibility index (Phi) is 4.57. The molecular formula is C13H15F3N2O4. The monoisotopic (exact) mass is 320 g/mol. The number of benzene rings is 1. The SMILES string of the molecule is O=[N+]([O-])c1cc(CN[C@H]2CCC[C@@H]2O)cc(C(F)(F)F)c1O. The van der Waals surface area contributed by atoms with Gasteiger partial charge in [-0.25, -0.2) is 0 Å². The molecule has 0 bridgehead atoms. The van der Waals surface area contributed by atoms with E-state index in [4.69, 9.17) is 0 Å². The van der Waals surface area contributed by atoms with Crippen LogP contribution in [0.5, 0.6) is 5.75 Å². The summed E-state index contributed by atoms with van der Waals surface area (Å²) in [7, 11) is 0. The Balaban J connectivity index is 2.27. The zero-order valence-electron chi connectivity index (χ0n) is 11.4. The van der Waals surface area contributed by atoms with Crippen molar-refractivity contribution in [1.29, 1.82) is 0 Å². The summed E-state index contributed by atoms with van der Waals surface area (Å²) < 4.78 is 38.5. The van der Waals surface area contributed by atoms with Gasteiger partial charge >= 0.3 is 11.9 Å². The topological polar surface area (TPSA) is 95.6 Å². The Morgan fingerprint density at radius 3 is 2.55 bits per heavy atom. The molecule has 9 heteroatoms. The third kappa shape index (κ3) is 3.47. The van der Waals surface area contributed by atoms with Crippen LogP contribution in [0.1, 0.15) is 30.4 Å². The number of phenolic OH excluding ortho intramolecular Hbond substituents is 1. The first kappa shape index (κ1) is 16.5. The van der Waals surface area contributed by atoms with Gasteiger partial charge < -0.3 is 15.5 Å². The molecule has 1 aromatic carbocycles. The fourth-order valence-electron chi connectivity index (χ4n) is 2.56. The van der Waals surface area contributed by atoms with E-state index < -0.39 is 34.2 Å². The van der Waals surface area contributed by atoms with Crippen LogP contribution in [0.15, 0.2) is 12.1 Å². The number of halogens is 3. The van der Waals surface area contributed by atoms with Gasteiger partial charge in [-0.1, -0.05) is 0 Å². The fourth-order valence-corrected chi connectivity index (χ4v) is 2.56. The maximum atomic E-state index is 12.8. The third-order valence-corrected chi connectivity index (χ3v) is 3.70. The average Bonchev–Trinajstić information content (AvgIpc) is 2.81. The molecule has 2 rings (SSSR count). The van der Waals surface area contributed by atoms with Gasteiger partial charge in [-0.05, 0) is 30.9 Å². The molecule has 0 radical (unpaired) electrons. The molecule has 122 valence electrons. The van der Waals surface area contributed by atoms with Gasteiger partial charge in [-0.3, -0.25) is 10.1 Å². The van der Waals surface area contributed by atoms with Crippen molar-refractivity contribution < 1.29 is 28.3 Å². The van der Waals surface area contributed by atoms with Gasteiger partial charge in [0.2, 0.25) is 5.75 Å². The van der Waals surface area contributed by atoms with Crippen molar-refractivity contribution in [1.82, 2.24) is 5.32 Å². The molecule has 0 saturated heterocycles. The molecular weight excluding hydrogens is 305 g/mol. The summed E-state index contributed by atoms with van der Waals surface area (Å²) in [6.07, 6.45) is -3.36. The van der Waals surface area contributed by atoms with E-state index in [1.165, 1.54) is 0 Å². The van der Waals surface area contributed by atoms with E-state index in [2.05, 4.69) is 5.32 Å². The molecule has 1 aromatic rings. The van der Waals surface area contributed by atoms with Gasteiger partial charge in [0.25, 0.3) is 0 Å². The first-order chi connectivity index (χ1) is 10.2. The molecule has 6 nitrogen and oxygen atoms in total. The summed E-state index contributed by atoms with van der Waals surface area (Å²) in [5.41, 5.74) is -2.40. The number of aliphatic hydroxyl groups is 1. The summed E-state index contributed by atoms with van der Waals surface area (Å²) in [5.74, 6) is -1.39. The maximum Gasteiger partial charge on any atom is 0.420 e. The first-order valence-corrected chi connectivity index (χ1v) is 6.69. The Morgan fingerprint density at radius 1 is 1.36 bits per heavy atom. The molecule has 0 heterocycles. The van der Waals surface area contributed by atoms with Gasteiger partial charge in [-0.2, -0.15) is 13.2 Å². The van der Waals surface area contributed by atoms with Crippen LogP contribution in [-0.4, -0.2) is 27.3 Å². The molecule has 22 heavy (non-hydrogen) atoms. The standard InChI is InChI=1S/C13H15F3N2O4/c14-13(15,16)8-4-7(5-10(12(8)20)18(21)22)6-17-9-2-1-3-11(9)19/h4-5,9,11,17,19-20H,1-3,6H2/t9-,11-/m0/s1. The normalized spacial score (nSPS) is 22.0. The van der Waals surface area contributed by atoms with Crippen LogP contribution >= 0.6 is 0 Å². The van der Waals surface area contributed by atoms with E-state index in [0.29, 0.717) is 18.9 Å². The smallest absolute Gasteiger partial charge is 0.420 e. The number of nitro groups is 1. The number of aliphatic hydroxyl groups excluding tert-OH is 1. The highest BCUT2D eigenvalue weighted by atomic mass is 19.4. The predicted molar refractivity (Wildman–Crippen MR) is 70.2 cm³/mol. The summed E-state index contributed by atoms with van der Waals surface area (Å²) in [6.45, 7) is -0.0636. The molecule has 0 aliphatic heterocycles. The lowest BCUT2D eigenvalue weighted by molar-refractivity contribution is -0.386. The summed E-state index contributed by atoms with van der Waals surface area (Å²) in [6, 6.07) is 1.33. The van der Waals surface area contributed by atoms with Crippen LogP contribution in [-0.2, 0) is 12.7 Å². The van der Waals surface area contributed by atoms with Crippen molar-refractivity contribution in [2.45, 2.75) is 44.1 Å². The highest BCUT2D eigenvalue weighted by molar-refractivity contribution is 5.54. The number of phenols is 1. The molecule has 1 fully saturated rings. The zero-order valence-corrected chi connectivity index (χ0v) is 11.4. The van der Waals surface area contributed by atoms with Crippen molar-refractivity contribution in [3.05, 3.63) is 33.4 Å². The van der Waals surface area contributed by atoms with Gasteiger partial charge in [-0.15, -0.1) is 0 Å². The van der Waals surface area contributed by atoms with Gasteiger partial charge in [0.15, 0.2) is 0 Å². The van der Waals surface area contributed by atoms with Crippen molar-refractivity contribution in [2.75, 3.05) is 0 Å². The van der Waals surface area contributed by atoms with Crippen molar-refractivity contribution in [2.24, 2.45) is 0 Å². The second-order valence-electron chi connectivity index (χ2n) is 5.25. The summed E-state index contributed by atoms with van der Waals surface area (Å²) >= 11 is 0. The minimum atomic E-state index is -4.89. The summed E-state index contributed by atoms with van der Waals surface area (Å²) in [5, 5.41) is 32.7. The second-order valence-corrected chi connectivity index (χ2v) is 5.25. The highest BCUT2D eigenvalue weighted by Gasteiger charge is 2.38. The van der Waals surface area contributed by atoms with Gasteiger partial charge in [0.05, 0.1) is 11.0 Å². The molecule has 0 spiro atoms. The van der Waals surface area contributed by atoms with E-state index in [1.54, 1.807) is 0 Å². The van der Waals surface area contributed by atoms with Crippen LogP contribution in [0, 0.1) is 10.1 Å². The van der Waals surface area contributed by atoms with E-state index in [1.807, 2.05) is 0 Å². The highest BCUT2D eigenvalue weighted by Crippen LogP contribution is 2.41. The van der Waals surface area contributed by atoms with Crippen molar-refractivity contribution in [3.8, 4) is 5.75 Å². The minimum Gasteiger partial charge on any atom is -0.502 e. The van der Waals surface area contributed by atoms with Crippen molar-refractivity contribution >= 4 is 5.69 Å². The number of hydrogen-bond donors (Lipinski definition) is 3. The molecule has 1 aliphatic carbocycles. The quantitative estimate of drug-likeness (QED) is 0.584. The molecule has 1 saturated carbocycles. The molecule has 0 amide bonds. The lowest BCUT2D eigenvalue weighted by Crippen LogP contribution is -2.35. The Morgan fingerprint density at radius 2 is 2.05 bits per heavy atom. The van der Waals surface area contributed by atoms with Gasteiger partial charge in [0, 0.05) is 18.7 Å². The lowest BCUT2D eigenvalue weighted by atomic mass is 10.1. The number of hydrogen-bond acceptors (Lipinski definition) is 5. The number of nitrogens with one attached hydrogen (secondary N) is 1. The maximum absolute atomic E-state index is 12.8. The van der Waals surface area contributed by atoms with Crippen LogP contribution in [0.3, 0.4) is 0 Å². The second kappa shape index (κ2) is 6.09. The van der Waals surface area contributed by atoms with E-state index >= 15 is 0 Å². The molecule has 0 aromatic heterocycles. The van der Waals surface area contributed by atoms with E-state index in [0.717, 1.165) is 12.5 Å². The molecule has 3 N–H and O–H groups in total. The average molecular weight is 320 g/mol. The van der Waals surface area contributed by atoms with Crippen LogP contribution in [0.4, 0.5) is 18.9 Å². The molecule has 2 atom stereocenters.